The Morgan fingerprint density at radius 2 is 2.12 bits per heavy atom. The molecule has 3 aromatic rings. The first-order valence-corrected chi connectivity index (χ1v) is 8.60. The molecule has 1 aromatic carbocycles. The van der Waals surface area contributed by atoms with Gasteiger partial charge in [0.2, 0.25) is 5.78 Å². The molecule has 0 fully saturated rings. The maximum absolute atomic E-state index is 12.4. The molecule has 1 N–H and O–H groups in total. The lowest BCUT2D eigenvalue weighted by atomic mass is 10.1. The van der Waals surface area contributed by atoms with E-state index in [0.29, 0.717) is 16.0 Å². The van der Waals surface area contributed by atoms with Gasteiger partial charge in [-0.25, -0.2) is 4.79 Å². The van der Waals surface area contributed by atoms with Crippen LogP contribution in [0.3, 0.4) is 0 Å². The molecule has 2 heterocycles. The highest BCUT2D eigenvalue weighted by Gasteiger charge is 2.14. The summed E-state index contributed by atoms with van der Waals surface area (Å²) < 4.78 is 10.8. The van der Waals surface area contributed by atoms with E-state index in [2.05, 4.69) is 27.8 Å². The quantitative estimate of drug-likeness (QED) is 0.374. The lowest BCUT2D eigenvalue weighted by Gasteiger charge is -2.02. The summed E-state index contributed by atoms with van der Waals surface area (Å²) in [5.41, 5.74) is 2.61. The van der Waals surface area contributed by atoms with E-state index >= 15 is 0 Å². The first kappa shape index (κ1) is 17.2. The average Bonchev–Trinajstić information content (AvgIpc) is 3.23. The third-order valence-electron chi connectivity index (χ3n) is 3.81. The van der Waals surface area contributed by atoms with Crippen LogP contribution >= 0.6 is 15.9 Å². The third kappa shape index (κ3) is 3.91. The molecule has 0 bridgehead atoms. The Hall–Kier alpha value is -2.60. The van der Waals surface area contributed by atoms with Gasteiger partial charge in [0.05, 0.1) is 0 Å². The number of Topliss-reactive ketones (excluding diaryl/α,β-unsaturated/α-hetero) is 1. The van der Waals surface area contributed by atoms with Gasteiger partial charge in [0.25, 0.3) is 0 Å². The van der Waals surface area contributed by atoms with Gasteiger partial charge in [-0.15, -0.1) is 0 Å². The number of aromatic nitrogens is 1. The number of para-hydroxylation sites is 1. The minimum atomic E-state index is -0.602. The number of nitrogens with one attached hydrogen (secondary N) is 1. The molecule has 2 aromatic heterocycles. The Labute approximate surface area is 152 Å². The standard InChI is InChI=1S/C19H16BrNO4/c1-2-12-4-3-5-14-15(10-21-19(12)14)16(22)11-24-18(23)9-7-13-6-8-17(20)25-13/h3-10,21H,2,11H2,1H3/b9-7+. The molecule has 0 saturated heterocycles. The van der Waals surface area contributed by atoms with Crippen LogP contribution in [0, 0.1) is 0 Å². The molecular formula is C19H16BrNO4. The van der Waals surface area contributed by atoms with E-state index in [-0.39, 0.29) is 12.4 Å². The van der Waals surface area contributed by atoms with Gasteiger partial charge in [0.1, 0.15) is 5.76 Å². The molecule has 0 saturated carbocycles. The summed E-state index contributed by atoms with van der Waals surface area (Å²) in [5, 5.41) is 0.844. The Morgan fingerprint density at radius 3 is 2.84 bits per heavy atom. The van der Waals surface area contributed by atoms with Crippen molar-refractivity contribution in [2.24, 2.45) is 0 Å². The number of benzene rings is 1. The van der Waals surface area contributed by atoms with E-state index < -0.39 is 5.97 Å². The molecule has 0 radical (unpaired) electrons. The van der Waals surface area contributed by atoms with Crippen molar-refractivity contribution in [2.75, 3.05) is 6.61 Å². The zero-order valence-corrected chi connectivity index (χ0v) is 15.1. The summed E-state index contributed by atoms with van der Waals surface area (Å²) in [7, 11) is 0. The third-order valence-corrected chi connectivity index (χ3v) is 4.23. The predicted octanol–water partition coefficient (Wildman–Crippen LogP) is 4.53. The van der Waals surface area contributed by atoms with Gasteiger partial charge in [-0.1, -0.05) is 25.1 Å². The number of aryl methyl sites for hydroxylation is 1. The van der Waals surface area contributed by atoms with Crippen LogP contribution in [0.15, 0.2) is 51.7 Å². The fourth-order valence-electron chi connectivity index (χ4n) is 2.57. The van der Waals surface area contributed by atoms with Crippen molar-refractivity contribution in [1.82, 2.24) is 4.98 Å². The number of aromatic amines is 1. The second-order valence-corrected chi connectivity index (χ2v) is 6.18. The first-order valence-electron chi connectivity index (χ1n) is 7.81. The number of rotatable bonds is 6. The Balaban J connectivity index is 1.65. The number of carbonyl (C=O) groups excluding carboxylic acids is 2. The van der Waals surface area contributed by atoms with E-state index in [1.165, 1.54) is 12.2 Å². The molecular weight excluding hydrogens is 386 g/mol. The maximum Gasteiger partial charge on any atom is 0.331 e. The van der Waals surface area contributed by atoms with Gasteiger partial charge in [0.15, 0.2) is 11.3 Å². The number of hydrogen-bond donors (Lipinski definition) is 1. The van der Waals surface area contributed by atoms with Gasteiger partial charge in [-0.05, 0) is 46.1 Å². The second kappa shape index (κ2) is 7.53. The van der Waals surface area contributed by atoms with Crippen molar-refractivity contribution in [3.05, 3.63) is 64.2 Å². The number of furan rings is 1. The number of ketones is 1. The normalized spacial score (nSPS) is 11.3. The Bertz CT molecular complexity index is 951. The summed E-state index contributed by atoms with van der Waals surface area (Å²) in [6, 6.07) is 9.24. The molecule has 128 valence electrons. The summed E-state index contributed by atoms with van der Waals surface area (Å²) in [6.45, 7) is 1.75. The number of halogens is 1. The number of H-pyrrole nitrogens is 1. The van der Waals surface area contributed by atoms with Crippen LogP contribution in [0.4, 0.5) is 0 Å². The predicted molar refractivity (Wildman–Crippen MR) is 98.4 cm³/mol. The fraction of sp³-hybridized carbons (Fsp3) is 0.158. The molecule has 3 rings (SSSR count). The number of carbonyl (C=O) groups is 2. The lowest BCUT2D eigenvalue weighted by Crippen LogP contribution is -2.12. The fourth-order valence-corrected chi connectivity index (χ4v) is 2.89. The van der Waals surface area contributed by atoms with Crippen LogP contribution in [0.25, 0.3) is 17.0 Å². The number of ether oxygens (including phenoxy) is 1. The summed E-state index contributed by atoms with van der Waals surface area (Å²) >= 11 is 3.18. The topological polar surface area (TPSA) is 72.3 Å². The van der Waals surface area contributed by atoms with Gasteiger partial charge < -0.3 is 14.1 Å². The Morgan fingerprint density at radius 1 is 1.28 bits per heavy atom. The smallest absolute Gasteiger partial charge is 0.331 e. The number of fused-ring (bicyclic) bond motifs is 1. The van der Waals surface area contributed by atoms with Crippen molar-refractivity contribution in [3.8, 4) is 0 Å². The molecule has 0 spiro atoms. The maximum atomic E-state index is 12.4. The molecule has 6 heteroatoms. The van der Waals surface area contributed by atoms with Crippen LogP contribution in [-0.2, 0) is 16.0 Å². The van der Waals surface area contributed by atoms with E-state index in [1.807, 2.05) is 18.2 Å². The number of hydrogen-bond acceptors (Lipinski definition) is 4. The monoisotopic (exact) mass is 401 g/mol. The average molecular weight is 402 g/mol. The van der Waals surface area contributed by atoms with Gasteiger partial charge in [-0.3, -0.25) is 4.79 Å². The Kier molecular flexibility index (Phi) is 5.19. The highest BCUT2D eigenvalue weighted by atomic mass is 79.9. The minimum absolute atomic E-state index is 0.248. The van der Waals surface area contributed by atoms with Gasteiger partial charge >= 0.3 is 5.97 Å². The molecule has 0 unspecified atom stereocenters. The van der Waals surface area contributed by atoms with E-state index in [9.17, 15) is 9.59 Å². The minimum Gasteiger partial charge on any atom is -0.454 e. The highest BCUT2D eigenvalue weighted by Crippen LogP contribution is 2.22. The lowest BCUT2D eigenvalue weighted by molar-refractivity contribution is -0.136. The van der Waals surface area contributed by atoms with E-state index in [4.69, 9.17) is 9.15 Å². The van der Waals surface area contributed by atoms with Crippen LogP contribution < -0.4 is 0 Å². The van der Waals surface area contributed by atoms with Crippen LogP contribution in [-0.4, -0.2) is 23.3 Å². The summed E-state index contributed by atoms with van der Waals surface area (Å²) in [5.74, 6) is -0.337. The van der Waals surface area contributed by atoms with E-state index in [0.717, 1.165) is 22.9 Å². The molecule has 25 heavy (non-hydrogen) atoms. The number of esters is 1. The van der Waals surface area contributed by atoms with Crippen molar-refractivity contribution in [3.63, 3.8) is 0 Å². The summed E-state index contributed by atoms with van der Waals surface area (Å²) in [4.78, 5) is 27.2. The van der Waals surface area contributed by atoms with Crippen molar-refractivity contribution in [2.45, 2.75) is 13.3 Å². The summed E-state index contributed by atoms with van der Waals surface area (Å²) in [6.07, 6.45) is 5.24. The molecule has 0 atom stereocenters. The van der Waals surface area contributed by atoms with Crippen molar-refractivity contribution in [1.29, 1.82) is 0 Å². The van der Waals surface area contributed by atoms with E-state index in [1.54, 1.807) is 18.3 Å². The zero-order valence-electron chi connectivity index (χ0n) is 13.5. The molecule has 0 aliphatic heterocycles. The van der Waals surface area contributed by atoms with Crippen molar-refractivity contribution >= 4 is 44.7 Å². The van der Waals surface area contributed by atoms with Crippen molar-refractivity contribution < 1.29 is 18.7 Å². The van der Waals surface area contributed by atoms with Gasteiger partial charge in [0, 0.05) is 28.7 Å². The van der Waals surface area contributed by atoms with Gasteiger partial charge in [-0.2, -0.15) is 0 Å². The van der Waals surface area contributed by atoms with Crippen LogP contribution in [0.2, 0.25) is 0 Å². The molecule has 0 aliphatic carbocycles. The second-order valence-electron chi connectivity index (χ2n) is 5.40. The largest absolute Gasteiger partial charge is 0.454 e. The van der Waals surface area contributed by atoms with Crippen LogP contribution in [0.5, 0.6) is 0 Å². The molecule has 5 nitrogen and oxygen atoms in total. The molecule has 0 aliphatic rings. The van der Waals surface area contributed by atoms with Crippen LogP contribution in [0.1, 0.15) is 28.6 Å². The first-order chi connectivity index (χ1) is 12.1. The molecule has 0 amide bonds. The zero-order chi connectivity index (χ0) is 17.8. The SMILES string of the molecule is CCc1cccc2c(C(=O)COC(=O)/C=C/c3ccc(Br)o3)c[nH]c12. The highest BCUT2D eigenvalue weighted by molar-refractivity contribution is 9.10.